The Morgan fingerprint density at radius 2 is 0.821 bits per heavy atom. The second kappa shape index (κ2) is 21.6. The highest BCUT2D eigenvalue weighted by Gasteiger charge is 2.52. The van der Waals surface area contributed by atoms with E-state index in [0.29, 0.717) is 26.4 Å². The Balaban J connectivity index is 3.84. The number of rotatable bonds is 23. The highest BCUT2D eigenvalue weighted by molar-refractivity contribution is 6.52. The van der Waals surface area contributed by atoms with E-state index in [-0.39, 0.29) is 0 Å². The van der Waals surface area contributed by atoms with Gasteiger partial charge < -0.3 is 4.43 Å². The molecule has 0 N–H and O–H groups in total. The summed E-state index contributed by atoms with van der Waals surface area (Å²) in [5.74, 6) is 0. The van der Waals surface area contributed by atoms with Crippen LogP contribution >= 0.6 is 0 Å². The molecule has 0 bridgehead atoms. The molecule has 0 amide bonds. The van der Waals surface area contributed by atoms with E-state index in [2.05, 4.69) is 6.92 Å². The van der Waals surface area contributed by atoms with E-state index in [4.69, 9.17) is 32.8 Å². The van der Waals surface area contributed by atoms with Crippen LogP contribution in [-0.4, -0.2) is 35.5 Å². The van der Waals surface area contributed by atoms with Gasteiger partial charge in [-0.15, -0.1) is 0 Å². The first-order valence-corrected chi connectivity index (χ1v) is 12.9. The van der Waals surface area contributed by atoms with Crippen molar-refractivity contribution in [3.05, 3.63) is 0 Å². The molecule has 0 saturated heterocycles. The van der Waals surface area contributed by atoms with E-state index < -0.39 is 9.05 Å². The van der Waals surface area contributed by atoms with Gasteiger partial charge >= 0.3 is 9.05 Å². The van der Waals surface area contributed by atoms with Crippen molar-refractivity contribution >= 4 is 9.05 Å². The third-order valence-corrected chi connectivity index (χ3v) is 5.64. The molecule has 170 valence electrons. The zero-order chi connectivity index (χ0) is 20.8. The van der Waals surface area contributed by atoms with Crippen molar-refractivity contribution in [2.24, 2.45) is 0 Å². The van der Waals surface area contributed by atoms with Crippen LogP contribution in [0, 0.1) is 0 Å². The van der Waals surface area contributed by atoms with Crippen LogP contribution in [0.3, 0.4) is 0 Å². The molecule has 0 aliphatic rings. The maximum atomic E-state index is 5.73. The highest BCUT2D eigenvalue weighted by Crippen LogP contribution is 2.16. The molecule has 7 nitrogen and oxygen atoms in total. The lowest BCUT2D eigenvalue weighted by Gasteiger charge is -2.23. The minimum atomic E-state index is -3.63. The van der Waals surface area contributed by atoms with Gasteiger partial charge in [0.15, 0.2) is 0 Å². The molecule has 28 heavy (non-hydrogen) atoms. The predicted molar refractivity (Wildman–Crippen MR) is 111 cm³/mol. The van der Waals surface area contributed by atoms with Crippen LogP contribution in [0.4, 0.5) is 0 Å². The van der Waals surface area contributed by atoms with E-state index in [0.717, 1.165) is 12.8 Å². The zero-order valence-electron chi connectivity index (χ0n) is 18.7. The number of hydrogen-bond acceptors (Lipinski definition) is 7. The molecule has 0 spiro atoms. The monoisotopic (exact) mass is 424 g/mol. The van der Waals surface area contributed by atoms with Crippen molar-refractivity contribution in [1.82, 2.24) is 0 Å². The highest BCUT2D eigenvalue weighted by atomic mass is 28.4. The first kappa shape index (κ1) is 27.9. The Morgan fingerprint density at radius 3 is 1.18 bits per heavy atom. The van der Waals surface area contributed by atoms with Crippen LogP contribution in [0.25, 0.3) is 0 Å². The predicted octanol–water partition coefficient (Wildman–Crippen LogP) is 6.04. The van der Waals surface area contributed by atoms with Crippen molar-refractivity contribution in [2.45, 2.75) is 105 Å². The third kappa shape index (κ3) is 16.9. The first-order valence-electron chi connectivity index (χ1n) is 11.3. The molecule has 0 saturated carbocycles. The van der Waals surface area contributed by atoms with Crippen molar-refractivity contribution in [1.29, 1.82) is 0 Å². The molecule has 0 unspecified atom stereocenters. The van der Waals surface area contributed by atoms with Crippen LogP contribution in [-0.2, 0) is 32.8 Å². The molecular formula is C20H44O7Si. The topological polar surface area (TPSA) is 64.6 Å². The first-order chi connectivity index (χ1) is 13.7. The van der Waals surface area contributed by atoms with E-state index in [1.54, 1.807) is 20.8 Å². The molecular weight excluding hydrogens is 380 g/mol. The molecule has 0 aromatic rings. The largest absolute Gasteiger partial charge is 0.764 e. The summed E-state index contributed by atoms with van der Waals surface area (Å²) in [6.07, 6.45) is 15.4. The van der Waals surface area contributed by atoms with Gasteiger partial charge in [-0.05, 0) is 27.2 Å². The van der Waals surface area contributed by atoms with E-state index in [9.17, 15) is 0 Å². The fourth-order valence-corrected chi connectivity index (χ4v) is 4.06. The van der Waals surface area contributed by atoms with Crippen LogP contribution in [0.5, 0.6) is 0 Å². The SMILES string of the molecule is CCCCCCCCCCCCCCO[Si](OOCC)(OOCC)OOCC. The lowest BCUT2D eigenvalue weighted by atomic mass is 10.1. The second-order valence-electron chi connectivity index (χ2n) is 6.71. The van der Waals surface area contributed by atoms with Crippen molar-refractivity contribution < 1.29 is 32.8 Å². The minimum Gasteiger partial charge on any atom is -0.347 e. The summed E-state index contributed by atoms with van der Waals surface area (Å²) in [6, 6.07) is 0. The zero-order valence-corrected chi connectivity index (χ0v) is 19.7. The molecule has 0 aromatic carbocycles. The Bertz CT molecular complexity index is 287. The fraction of sp³-hybridized carbons (Fsp3) is 1.00. The molecule has 0 aromatic heterocycles. The third-order valence-electron chi connectivity index (χ3n) is 4.11. The Hall–Kier alpha value is -0.0631. The summed E-state index contributed by atoms with van der Waals surface area (Å²) in [5.41, 5.74) is 0. The molecule has 0 heterocycles. The second-order valence-corrected chi connectivity index (χ2v) is 8.50. The minimum absolute atomic E-state index is 0.335. The van der Waals surface area contributed by atoms with Gasteiger partial charge in [-0.3, -0.25) is 0 Å². The lowest BCUT2D eigenvalue weighted by Crippen LogP contribution is -2.49. The van der Waals surface area contributed by atoms with Crippen LogP contribution < -0.4 is 0 Å². The molecule has 0 aliphatic heterocycles. The van der Waals surface area contributed by atoms with Gasteiger partial charge in [0.25, 0.3) is 0 Å². The van der Waals surface area contributed by atoms with Crippen LogP contribution in [0.2, 0.25) is 0 Å². The summed E-state index contributed by atoms with van der Waals surface area (Å²) >= 11 is 0. The normalized spacial score (nSPS) is 12.0. The summed E-state index contributed by atoms with van der Waals surface area (Å²) in [4.78, 5) is 15.0. The number of hydrogen-bond donors (Lipinski definition) is 0. The average Bonchev–Trinajstić information content (AvgIpc) is 2.72. The van der Waals surface area contributed by atoms with Gasteiger partial charge in [-0.2, -0.15) is 13.7 Å². The van der Waals surface area contributed by atoms with E-state index >= 15 is 0 Å². The molecule has 0 rings (SSSR count). The Morgan fingerprint density at radius 1 is 0.464 bits per heavy atom. The van der Waals surface area contributed by atoms with Crippen LogP contribution in [0.15, 0.2) is 0 Å². The van der Waals surface area contributed by atoms with Crippen molar-refractivity contribution in [3.8, 4) is 0 Å². The van der Waals surface area contributed by atoms with E-state index in [1.807, 2.05) is 0 Å². The van der Waals surface area contributed by atoms with Crippen molar-refractivity contribution in [2.75, 3.05) is 26.4 Å². The summed E-state index contributed by atoms with van der Waals surface area (Å²) in [6.45, 7) is 9.10. The van der Waals surface area contributed by atoms with Gasteiger partial charge in [0.1, 0.15) is 0 Å². The van der Waals surface area contributed by atoms with Crippen LogP contribution in [0.1, 0.15) is 105 Å². The van der Waals surface area contributed by atoms with Gasteiger partial charge in [0.2, 0.25) is 0 Å². The maximum absolute atomic E-state index is 5.73. The Kier molecular flexibility index (Phi) is 21.6. The maximum Gasteiger partial charge on any atom is 0.764 e. The summed E-state index contributed by atoms with van der Waals surface area (Å²) in [5, 5.41) is 0. The average molecular weight is 425 g/mol. The molecule has 0 fully saturated rings. The molecule has 8 heteroatoms. The molecule has 0 radical (unpaired) electrons. The molecule has 0 atom stereocenters. The summed E-state index contributed by atoms with van der Waals surface area (Å²) in [7, 11) is -3.63. The van der Waals surface area contributed by atoms with Crippen molar-refractivity contribution in [3.63, 3.8) is 0 Å². The Labute approximate surface area is 173 Å². The molecule has 0 aliphatic carbocycles. The lowest BCUT2D eigenvalue weighted by molar-refractivity contribution is -0.385. The smallest absolute Gasteiger partial charge is 0.347 e. The fourth-order valence-electron chi connectivity index (χ4n) is 2.65. The van der Waals surface area contributed by atoms with E-state index in [1.165, 1.54) is 64.2 Å². The van der Waals surface area contributed by atoms with Gasteiger partial charge in [-0.1, -0.05) is 77.6 Å². The van der Waals surface area contributed by atoms with Gasteiger partial charge in [-0.25, -0.2) is 14.7 Å². The standard InChI is InChI=1S/C20H44O7Si/c1-5-9-10-11-12-13-14-15-16-17-18-19-20-24-28(25-21-6-2,26-22-7-3)27-23-8-4/h5-20H2,1-4H3. The quantitative estimate of drug-likeness (QED) is 0.0856. The van der Waals surface area contributed by atoms with Gasteiger partial charge in [0, 0.05) is 6.61 Å². The summed E-state index contributed by atoms with van der Waals surface area (Å²) < 4.78 is 21.4. The van der Waals surface area contributed by atoms with Gasteiger partial charge in [0.05, 0.1) is 19.8 Å². The number of unbranched alkanes of at least 4 members (excludes halogenated alkanes) is 11.